The van der Waals surface area contributed by atoms with Crippen molar-refractivity contribution < 1.29 is 28.8 Å². The summed E-state index contributed by atoms with van der Waals surface area (Å²) in [6.07, 6.45) is 13.6. The molecule has 6 aliphatic rings. The number of carbonyl (C=O) groups is 6. The van der Waals surface area contributed by atoms with Crippen molar-refractivity contribution in [2.24, 2.45) is 39.2 Å². The highest BCUT2D eigenvalue weighted by Gasteiger charge is 2.85. The van der Waals surface area contributed by atoms with E-state index >= 15 is 4.79 Å². The van der Waals surface area contributed by atoms with Crippen LogP contribution in [0.1, 0.15) is 145 Å². The number of primary amides is 1. The van der Waals surface area contributed by atoms with E-state index in [4.69, 9.17) is 5.73 Å². The molecule has 2 saturated heterocycles. The number of nitrogens with two attached hydrogens (primary N) is 1. The first kappa shape index (κ1) is 40.6. The summed E-state index contributed by atoms with van der Waals surface area (Å²) < 4.78 is 0. The van der Waals surface area contributed by atoms with Gasteiger partial charge < -0.3 is 26.6 Å². The van der Waals surface area contributed by atoms with Crippen LogP contribution in [0.3, 0.4) is 0 Å². The lowest BCUT2D eigenvalue weighted by Gasteiger charge is -2.39. The molecule has 5 N–H and O–H groups in total. The van der Waals surface area contributed by atoms with Gasteiger partial charge in [0.1, 0.15) is 18.1 Å². The first-order chi connectivity index (χ1) is 25.3. The molecule has 6 rings (SSSR count). The lowest BCUT2D eigenvalue weighted by Crippen LogP contribution is -2.64. The molecule has 54 heavy (non-hydrogen) atoms. The zero-order valence-corrected chi connectivity index (χ0v) is 34.1. The highest BCUT2D eigenvalue weighted by molar-refractivity contribution is 6.37. The monoisotopic (exact) mass is 753 g/mol. The Morgan fingerprint density at radius 3 is 1.91 bits per heavy atom. The van der Waals surface area contributed by atoms with Gasteiger partial charge in [0.05, 0.1) is 11.6 Å². The average molecular weight is 753 g/mol. The number of Topliss-reactive ketones (excluding diaryl/α,β-unsaturated/α-hetero) is 1. The fourth-order valence-corrected chi connectivity index (χ4v) is 11.4. The van der Waals surface area contributed by atoms with Crippen LogP contribution in [-0.2, 0) is 28.8 Å². The molecule has 5 atom stereocenters. The van der Waals surface area contributed by atoms with Gasteiger partial charge in [-0.05, 0) is 106 Å². The molecule has 5 amide bonds. The van der Waals surface area contributed by atoms with E-state index in [1.54, 1.807) is 4.90 Å². The standard InChI is InChI=1S/C42H68N6O6/c1-38(2,3)32(46-35(52)30(27-17-9-8-10-18-27)45-37(54)39(4,5)47-21-11-12-22-47)36(53)48-25-42(40(6,7)41(42)19-14-20-41)24-29(48)34(51)44-28(31(49)33(43)50)23-26-15-13-16-26/h26-30,32H,8-25H2,1-7H3,(H2,43,50)(H,44,51)(H,45,54)(H,46,52)/t28?,29-,30-,32+,42+/m0/s1. The van der Waals surface area contributed by atoms with Crippen LogP contribution < -0.4 is 21.7 Å². The Morgan fingerprint density at radius 1 is 0.778 bits per heavy atom. The Hall–Kier alpha value is -3.02. The molecule has 302 valence electrons. The van der Waals surface area contributed by atoms with Crippen molar-refractivity contribution in [3.05, 3.63) is 0 Å². The number of carbonyl (C=O) groups excluding carboxylic acids is 6. The van der Waals surface area contributed by atoms with E-state index in [1.807, 2.05) is 34.6 Å². The largest absolute Gasteiger partial charge is 0.363 e. The molecular weight excluding hydrogens is 684 g/mol. The number of nitrogens with zero attached hydrogens (tertiary/aromatic N) is 2. The quantitative estimate of drug-likeness (QED) is 0.206. The van der Waals surface area contributed by atoms with Gasteiger partial charge in [-0.3, -0.25) is 33.7 Å². The topological polar surface area (TPSA) is 171 Å². The molecule has 0 aromatic rings. The van der Waals surface area contributed by atoms with Crippen LogP contribution in [0.2, 0.25) is 0 Å². The maximum Gasteiger partial charge on any atom is 0.287 e. The first-order valence-electron chi connectivity index (χ1n) is 21.1. The molecule has 12 nitrogen and oxygen atoms in total. The van der Waals surface area contributed by atoms with E-state index in [9.17, 15) is 24.0 Å². The summed E-state index contributed by atoms with van der Waals surface area (Å²) in [5, 5.41) is 9.21. The smallest absolute Gasteiger partial charge is 0.287 e. The molecular formula is C42H68N6O6. The molecule has 2 heterocycles. The molecule has 12 heteroatoms. The third-order valence-corrected chi connectivity index (χ3v) is 15.6. The van der Waals surface area contributed by atoms with Gasteiger partial charge in [-0.15, -0.1) is 0 Å². The van der Waals surface area contributed by atoms with Crippen molar-refractivity contribution in [2.45, 2.75) is 174 Å². The first-order valence-corrected chi connectivity index (χ1v) is 21.1. The highest BCUT2D eigenvalue weighted by atomic mass is 16.2. The maximum atomic E-state index is 15.1. The van der Waals surface area contributed by atoms with E-state index < -0.39 is 52.7 Å². The van der Waals surface area contributed by atoms with E-state index in [0.29, 0.717) is 19.4 Å². The fourth-order valence-electron chi connectivity index (χ4n) is 11.4. The van der Waals surface area contributed by atoms with Gasteiger partial charge in [-0.1, -0.05) is 79.6 Å². The second kappa shape index (κ2) is 14.8. The Bertz CT molecular complexity index is 1500. The number of hydrogen-bond donors (Lipinski definition) is 4. The molecule has 4 aliphatic carbocycles. The molecule has 4 saturated carbocycles. The van der Waals surface area contributed by atoms with Crippen molar-refractivity contribution in [2.75, 3.05) is 19.6 Å². The minimum atomic E-state index is -1.08. The molecule has 6 fully saturated rings. The van der Waals surface area contributed by atoms with E-state index in [1.165, 1.54) is 0 Å². The fraction of sp³-hybridized carbons (Fsp3) is 0.857. The molecule has 0 radical (unpaired) electrons. The van der Waals surface area contributed by atoms with Crippen LogP contribution >= 0.6 is 0 Å². The zero-order valence-electron chi connectivity index (χ0n) is 34.1. The van der Waals surface area contributed by atoms with Gasteiger partial charge in [0.15, 0.2) is 0 Å². The van der Waals surface area contributed by atoms with Crippen molar-refractivity contribution in [3.63, 3.8) is 0 Å². The number of fused-ring (bicyclic) bond motifs is 1. The second-order valence-electron chi connectivity index (χ2n) is 20.1. The zero-order chi connectivity index (χ0) is 39.4. The third kappa shape index (κ3) is 6.99. The molecule has 2 aliphatic heterocycles. The Kier molecular flexibility index (Phi) is 11.1. The van der Waals surface area contributed by atoms with Crippen LogP contribution in [0, 0.1) is 33.5 Å². The van der Waals surface area contributed by atoms with Crippen LogP contribution in [0.5, 0.6) is 0 Å². The van der Waals surface area contributed by atoms with Crippen molar-refractivity contribution >= 4 is 35.3 Å². The number of nitrogens with one attached hydrogen (secondary N) is 3. The number of rotatable bonds is 13. The van der Waals surface area contributed by atoms with Crippen molar-refractivity contribution in [3.8, 4) is 0 Å². The SMILES string of the molecule is CC(C)(C)[C@H](NC(=O)[C@@H](NC(=O)C(C)(C)N1CCCC1)C1CCCCC1)C(=O)N1C[C@]2(C[C@H]1C(=O)NC(CC1CCC1)C(=O)C(N)=O)C(C)(C)C21CCC1. The molecule has 1 unspecified atom stereocenters. The number of ketones is 1. The average Bonchev–Trinajstić information content (AvgIpc) is 3.57. The molecule has 0 bridgehead atoms. The molecule has 0 aromatic carbocycles. The summed E-state index contributed by atoms with van der Waals surface area (Å²) in [4.78, 5) is 87.0. The third-order valence-electron chi connectivity index (χ3n) is 15.6. The van der Waals surface area contributed by atoms with E-state index in [2.05, 4.69) is 34.7 Å². The Balaban J connectivity index is 1.27. The van der Waals surface area contributed by atoms with Crippen LogP contribution in [0.25, 0.3) is 0 Å². The van der Waals surface area contributed by atoms with Crippen LogP contribution in [0.15, 0.2) is 0 Å². The van der Waals surface area contributed by atoms with Crippen LogP contribution in [0.4, 0.5) is 0 Å². The van der Waals surface area contributed by atoms with Gasteiger partial charge in [0.2, 0.25) is 29.4 Å². The van der Waals surface area contributed by atoms with Crippen molar-refractivity contribution in [1.29, 1.82) is 0 Å². The Labute approximate surface area is 322 Å². The van der Waals surface area contributed by atoms with Crippen LogP contribution in [-0.4, -0.2) is 94.5 Å². The summed E-state index contributed by atoms with van der Waals surface area (Å²) in [6, 6.07) is -3.70. The van der Waals surface area contributed by atoms with Crippen molar-refractivity contribution in [1.82, 2.24) is 25.8 Å². The minimum absolute atomic E-state index is 0.0287. The number of likely N-dealkylation sites (tertiary alicyclic amines) is 2. The highest BCUT2D eigenvalue weighted by Crippen LogP contribution is 2.88. The van der Waals surface area contributed by atoms with Gasteiger partial charge in [0, 0.05) is 12.0 Å². The predicted octanol–water partition coefficient (Wildman–Crippen LogP) is 3.98. The Morgan fingerprint density at radius 2 is 1.41 bits per heavy atom. The predicted molar refractivity (Wildman–Crippen MR) is 205 cm³/mol. The number of amides is 5. The van der Waals surface area contributed by atoms with Gasteiger partial charge in [-0.2, -0.15) is 0 Å². The second-order valence-corrected chi connectivity index (χ2v) is 20.1. The summed E-state index contributed by atoms with van der Waals surface area (Å²) in [6.45, 7) is 16.1. The minimum Gasteiger partial charge on any atom is -0.363 e. The number of hydrogen-bond acceptors (Lipinski definition) is 7. The van der Waals surface area contributed by atoms with Gasteiger partial charge in [-0.25, -0.2) is 0 Å². The maximum absolute atomic E-state index is 15.1. The van der Waals surface area contributed by atoms with E-state index in [-0.39, 0.29) is 45.8 Å². The van der Waals surface area contributed by atoms with E-state index in [0.717, 1.165) is 96.6 Å². The summed E-state index contributed by atoms with van der Waals surface area (Å²) in [7, 11) is 0. The van der Waals surface area contributed by atoms with Gasteiger partial charge >= 0.3 is 0 Å². The normalized spacial score (nSPS) is 28.4. The molecule has 2 spiro atoms. The summed E-state index contributed by atoms with van der Waals surface area (Å²) in [5.74, 6) is -3.06. The summed E-state index contributed by atoms with van der Waals surface area (Å²) in [5.41, 5.74) is 3.59. The summed E-state index contributed by atoms with van der Waals surface area (Å²) >= 11 is 0. The lowest BCUT2D eigenvalue weighted by atomic mass is 9.73. The lowest BCUT2D eigenvalue weighted by molar-refractivity contribution is -0.146. The molecule has 0 aromatic heterocycles. The van der Waals surface area contributed by atoms with Gasteiger partial charge in [0.25, 0.3) is 5.91 Å².